The second kappa shape index (κ2) is 7.50. The van der Waals surface area contributed by atoms with Crippen LogP contribution in [0.3, 0.4) is 0 Å². The van der Waals surface area contributed by atoms with Gasteiger partial charge in [0, 0.05) is 18.9 Å². The maximum Gasteiger partial charge on any atom is 0.142 e. The summed E-state index contributed by atoms with van der Waals surface area (Å²) in [7, 11) is 0. The normalized spacial score (nSPS) is 10.4. The molecule has 3 N–H and O–H groups in total. The summed E-state index contributed by atoms with van der Waals surface area (Å²) in [6.07, 6.45) is 4.60. The molecule has 0 fully saturated rings. The molecule has 0 saturated carbocycles. The molecule has 20 heavy (non-hydrogen) atoms. The number of ether oxygens (including phenoxy) is 1. The Labute approximate surface area is 120 Å². The van der Waals surface area contributed by atoms with Crippen molar-refractivity contribution in [2.45, 2.75) is 19.9 Å². The molecule has 2 rings (SSSR count). The maximum absolute atomic E-state index is 5.95. The van der Waals surface area contributed by atoms with Gasteiger partial charge in [0.25, 0.3) is 0 Å². The molecule has 0 radical (unpaired) electrons. The van der Waals surface area contributed by atoms with Gasteiger partial charge in [-0.2, -0.15) is 0 Å². The third-order valence-corrected chi connectivity index (χ3v) is 3.02. The zero-order valence-corrected chi connectivity index (χ0v) is 11.8. The van der Waals surface area contributed by atoms with Gasteiger partial charge in [0.2, 0.25) is 0 Å². The topological polar surface area (TPSA) is 60.2 Å². The number of benzene rings is 1. The lowest BCUT2D eigenvalue weighted by molar-refractivity contribution is 0.342. The Balaban J connectivity index is 1.78. The predicted molar refractivity (Wildman–Crippen MR) is 81.7 cm³/mol. The number of hydrogen-bond acceptors (Lipinski definition) is 4. The van der Waals surface area contributed by atoms with Crippen LogP contribution in [0.2, 0.25) is 0 Å². The maximum atomic E-state index is 5.95. The van der Waals surface area contributed by atoms with Crippen LogP contribution in [0.1, 0.15) is 18.1 Å². The molecule has 0 unspecified atom stereocenters. The molecule has 2 aromatic rings. The van der Waals surface area contributed by atoms with Crippen LogP contribution in [0.4, 0.5) is 5.69 Å². The summed E-state index contributed by atoms with van der Waals surface area (Å²) in [6.45, 7) is 4.33. The van der Waals surface area contributed by atoms with Crippen LogP contribution >= 0.6 is 0 Å². The fourth-order valence-electron chi connectivity index (χ4n) is 2.01. The number of nitrogens with zero attached hydrogens (tertiary/aromatic N) is 1. The standard InChI is InChI=1S/C16H21N3O/c1-2-20-16-6-5-13(10-15(16)17)7-9-19-12-14-4-3-8-18-11-14/h3-6,8,10-11,19H,2,7,9,12,17H2,1H3. The smallest absolute Gasteiger partial charge is 0.142 e. The van der Waals surface area contributed by atoms with Crippen molar-refractivity contribution in [2.24, 2.45) is 0 Å². The van der Waals surface area contributed by atoms with Gasteiger partial charge in [-0.3, -0.25) is 4.98 Å². The van der Waals surface area contributed by atoms with Gasteiger partial charge in [0.1, 0.15) is 5.75 Å². The van der Waals surface area contributed by atoms with Gasteiger partial charge in [0.05, 0.1) is 12.3 Å². The van der Waals surface area contributed by atoms with Crippen molar-refractivity contribution in [3.8, 4) is 5.75 Å². The third kappa shape index (κ3) is 4.24. The fraction of sp³-hybridized carbons (Fsp3) is 0.312. The lowest BCUT2D eigenvalue weighted by Gasteiger charge is -2.09. The first-order valence-corrected chi connectivity index (χ1v) is 6.90. The van der Waals surface area contributed by atoms with Crippen molar-refractivity contribution in [1.82, 2.24) is 10.3 Å². The Kier molecular flexibility index (Phi) is 5.38. The first-order chi connectivity index (χ1) is 9.79. The quantitative estimate of drug-likeness (QED) is 0.599. The van der Waals surface area contributed by atoms with Gasteiger partial charge in [-0.05, 0) is 49.2 Å². The van der Waals surface area contributed by atoms with Gasteiger partial charge in [0.15, 0.2) is 0 Å². The van der Waals surface area contributed by atoms with Crippen molar-refractivity contribution < 1.29 is 4.74 Å². The van der Waals surface area contributed by atoms with Crippen molar-refractivity contribution in [3.63, 3.8) is 0 Å². The highest BCUT2D eigenvalue weighted by atomic mass is 16.5. The van der Waals surface area contributed by atoms with Crippen LogP contribution in [0.25, 0.3) is 0 Å². The summed E-state index contributed by atoms with van der Waals surface area (Å²) in [4.78, 5) is 4.09. The minimum atomic E-state index is 0.635. The molecule has 0 spiro atoms. The van der Waals surface area contributed by atoms with Crippen molar-refractivity contribution in [1.29, 1.82) is 0 Å². The van der Waals surface area contributed by atoms with Crippen LogP contribution in [-0.2, 0) is 13.0 Å². The molecule has 0 aliphatic heterocycles. The number of nitrogens with two attached hydrogens (primary N) is 1. The van der Waals surface area contributed by atoms with E-state index in [1.54, 1.807) is 6.20 Å². The molecule has 4 nitrogen and oxygen atoms in total. The summed E-state index contributed by atoms with van der Waals surface area (Å²) in [5.41, 5.74) is 9.06. The zero-order chi connectivity index (χ0) is 14.2. The minimum Gasteiger partial charge on any atom is -0.492 e. The number of anilines is 1. The van der Waals surface area contributed by atoms with Crippen molar-refractivity contribution in [3.05, 3.63) is 53.9 Å². The lowest BCUT2D eigenvalue weighted by Crippen LogP contribution is -2.16. The van der Waals surface area contributed by atoms with Crippen molar-refractivity contribution >= 4 is 5.69 Å². The molecule has 106 valence electrons. The van der Waals surface area contributed by atoms with Crippen LogP contribution < -0.4 is 15.8 Å². The van der Waals surface area contributed by atoms with E-state index >= 15 is 0 Å². The Morgan fingerprint density at radius 2 is 2.15 bits per heavy atom. The van der Waals surface area contributed by atoms with Crippen LogP contribution in [0.5, 0.6) is 5.75 Å². The van der Waals surface area contributed by atoms with Gasteiger partial charge < -0.3 is 15.8 Å². The summed E-state index contributed by atoms with van der Waals surface area (Å²) >= 11 is 0. The summed E-state index contributed by atoms with van der Waals surface area (Å²) in [5.74, 6) is 0.763. The monoisotopic (exact) mass is 271 g/mol. The van der Waals surface area contributed by atoms with Crippen LogP contribution in [0.15, 0.2) is 42.7 Å². The van der Waals surface area contributed by atoms with E-state index in [4.69, 9.17) is 10.5 Å². The van der Waals surface area contributed by atoms with E-state index in [1.165, 1.54) is 11.1 Å². The molecular weight excluding hydrogens is 250 g/mol. The predicted octanol–water partition coefficient (Wildman–Crippen LogP) is 2.39. The largest absolute Gasteiger partial charge is 0.492 e. The molecule has 1 heterocycles. The number of aromatic nitrogens is 1. The molecule has 0 bridgehead atoms. The Hall–Kier alpha value is -2.07. The number of rotatable bonds is 7. The van der Waals surface area contributed by atoms with Gasteiger partial charge >= 0.3 is 0 Å². The van der Waals surface area contributed by atoms with Gasteiger partial charge in [-0.15, -0.1) is 0 Å². The summed E-state index contributed by atoms with van der Waals surface area (Å²) in [5, 5.41) is 3.40. The van der Waals surface area contributed by atoms with E-state index in [9.17, 15) is 0 Å². The molecule has 0 amide bonds. The molecule has 0 atom stereocenters. The molecule has 0 saturated heterocycles. The van der Waals surface area contributed by atoms with E-state index in [0.29, 0.717) is 12.3 Å². The highest BCUT2D eigenvalue weighted by Gasteiger charge is 2.01. The fourth-order valence-corrected chi connectivity index (χ4v) is 2.01. The zero-order valence-electron chi connectivity index (χ0n) is 11.8. The van der Waals surface area contributed by atoms with Crippen LogP contribution in [0, 0.1) is 0 Å². The van der Waals surface area contributed by atoms with E-state index in [-0.39, 0.29) is 0 Å². The number of pyridine rings is 1. The first-order valence-electron chi connectivity index (χ1n) is 6.90. The SMILES string of the molecule is CCOc1ccc(CCNCc2cccnc2)cc1N. The molecular formula is C16H21N3O. The third-order valence-electron chi connectivity index (χ3n) is 3.02. The molecule has 0 aliphatic carbocycles. The Morgan fingerprint density at radius 3 is 2.85 bits per heavy atom. The number of nitrogens with one attached hydrogen (secondary N) is 1. The Morgan fingerprint density at radius 1 is 1.25 bits per heavy atom. The Bertz CT molecular complexity index is 529. The van der Waals surface area contributed by atoms with Crippen LogP contribution in [-0.4, -0.2) is 18.1 Å². The highest BCUT2D eigenvalue weighted by molar-refractivity contribution is 5.54. The first kappa shape index (κ1) is 14.3. The number of nitrogen functional groups attached to an aromatic ring is 1. The van der Waals surface area contributed by atoms with Gasteiger partial charge in [-0.1, -0.05) is 12.1 Å². The molecule has 4 heteroatoms. The highest BCUT2D eigenvalue weighted by Crippen LogP contribution is 2.22. The lowest BCUT2D eigenvalue weighted by atomic mass is 10.1. The molecule has 0 aliphatic rings. The number of hydrogen-bond donors (Lipinski definition) is 2. The van der Waals surface area contributed by atoms with E-state index in [2.05, 4.69) is 22.4 Å². The molecule has 1 aromatic carbocycles. The summed E-state index contributed by atoms with van der Waals surface area (Å²) in [6, 6.07) is 10.00. The average Bonchev–Trinajstić information content (AvgIpc) is 2.48. The second-order valence-electron chi connectivity index (χ2n) is 4.59. The average molecular weight is 271 g/mol. The van der Waals surface area contributed by atoms with E-state index in [1.807, 2.05) is 31.3 Å². The minimum absolute atomic E-state index is 0.635. The summed E-state index contributed by atoms with van der Waals surface area (Å²) < 4.78 is 5.43. The van der Waals surface area contributed by atoms with E-state index < -0.39 is 0 Å². The van der Waals surface area contributed by atoms with E-state index in [0.717, 1.165) is 25.3 Å². The molecule has 1 aromatic heterocycles. The second-order valence-corrected chi connectivity index (χ2v) is 4.59. The van der Waals surface area contributed by atoms with Gasteiger partial charge in [-0.25, -0.2) is 0 Å². The van der Waals surface area contributed by atoms with Crippen molar-refractivity contribution in [2.75, 3.05) is 18.9 Å².